The van der Waals surface area contributed by atoms with Crippen molar-refractivity contribution < 1.29 is 29.3 Å². The third-order valence-corrected chi connectivity index (χ3v) is 4.29. The van der Waals surface area contributed by atoms with Crippen LogP contribution in [0.5, 0.6) is 0 Å². The van der Waals surface area contributed by atoms with Crippen LogP contribution in [0.15, 0.2) is 23.8 Å². The largest absolute Gasteiger partial charge is 0.481 e. The van der Waals surface area contributed by atoms with Gasteiger partial charge in [0.15, 0.2) is 0 Å². The highest BCUT2D eigenvalue weighted by Gasteiger charge is 2.15. The minimum atomic E-state index is -0.974. The number of ether oxygens (including phenoxy) is 1. The molecule has 0 bridgehead atoms. The van der Waals surface area contributed by atoms with Crippen molar-refractivity contribution in [2.24, 2.45) is 0 Å². The van der Waals surface area contributed by atoms with Crippen LogP contribution in [0.4, 0.5) is 5.69 Å². The van der Waals surface area contributed by atoms with Crippen molar-refractivity contribution in [3.05, 3.63) is 32.9 Å². The van der Waals surface area contributed by atoms with Gasteiger partial charge in [-0.1, -0.05) is 6.07 Å². The standard InChI is InChI=1S/C18H19IN2O6/c1-2-27-18(26)13(11-20)9-12-3-4-15(14(19)10-12)21(7-5-16(22)23)8-6-17(24)25/h3-4,9-10H,2,5-8H2,1H3,(H,22,23)(H,24,25)/b13-9-. The molecule has 0 heterocycles. The molecule has 0 saturated carbocycles. The summed E-state index contributed by atoms with van der Waals surface area (Å²) in [7, 11) is 0. The van der Waals surface area contributed by atoms with E-state index >= 15 is 0 Å². The summed E-state index contributed by atoms with van der Waals surface area (Å²) in [6, 6.07) is 6.90. The number of benzene rings is 1. The molecule has 0 aliphatic carbocycles. The third kappa shape index (κ3) is 7.65. The molecule has 2 N–H and O–H groups in total. The fourth-order valence-corrected chi connectivity index (χ4v) is 3.08. The molecular weight excluding hydrogens is 467 g/mol. The molecule has 0 aliphatic rings. The molecule has 0 fully saturated rings. The van der Waals surface area contributed by atoms with Crippen LogP contribution in [-0.4, -0.2) is 47.8 Å². The number of carboxylic acids is 2. The van der Waals surface area contributed by atoms with Gasteiger partial charge in [-0.3, -0.25) is 9.59 Å². The molecule has 27 heavy (non-hydrogen) atoms. The summed E-state index contributed by atoms with van der Waals surface area (Å²) in [6.45, 7) is 2.14. The molecule has 1 aromatic carbocycles. The molecule has 1 aromatic rings. The lowest BCUT2D eigenvalue weighted by Gasteiger charge is -2.25. The molecule has 0 atom stereocenters. The molecule has 0 aliphatic heterocycles. The molecule has 0 aromatic heterocycles. The molecule has 0 spiro atoms. The second-order valence-electron chi connectivity index (χ2n) is 5.38. The number of hydrogen-bond acceptors (Lipinski definition) is 6. The number of hydrogen-bond donors (Lipinski definition) is 2. The Hall–Kier alpha value is -2.61. The summed E-state index contributed by atoms with van der Waals surface area (Å²) in [5, 5.41) is 26.9. The predicted molar refractivity (Wildman–Crippen MR) is 106 cm³/mol. The van der Waals surface area contributed by atoms with Crippen LogP contribution >= 0.6 is 22.6 Å². The Labute approximate surface area is 170 Å². The van der Waals surface area contributed by atoms with E-state index in [0.29, 0.717) is 11.3 Å². The van der Waals surface area contributed by atoms with Crippen LogP contribution in [0.3, 0.4) is 0 Å². The van der Waals surface area contributed by atoms with E-state index in [1.807, 2.05) is 22.6 Å². The molecule has 0 saturated heterocycles. The summed E-state index contributed by atoms with van der Waals surface area (Å²) in [5.74, 6) is -2.65. The second-order valence-corrected chi connectivity index (χ2v) is 6.54. The van der Waals surface area contributed by atoms with E-state index in [4.69, 9.17) is 20.2 Å². The van der Waals surface area contributed by atoms with E-state index in [1.165, 1.54) is 6.08 Å². The van der Waals surface area contributed by atoms with Crippen molar-refractivity contribution in [3.8, 4) is 6.07 Å². The minimum Gasteiger partial charge on any atom is -0.481 e. The van der Waals surface area contributed by atoms with Gasteiger partial charge < -0.3 is 19.8 Å². The zero-order valence-corrected chi connectivity index (χ0v) is 16.8. The number of aliphatic carboxylic acids is 2. The van der Waals surface area contributed by atoms with Crippen LogP contribution in [0.2, 0.25) is 0 Å². The van der Waals surface area contributed by atoms with E-state index in [1.54, 1.807) is 36.1 Å². The topological polar surface area (TPSA) is 128 Å². The smallest absolute Gasteiger partial charge is 0.348 e. The quantitative estimate of drug-likeness (QED) is 0.224. The highest BCUT2D eigenvalue weighted by atomic mass is 127. The minimum absolute atomic E-state index is 0.126. The molecule has 9 heteroatoms. The van der Waals surface area contributed by atoms with Gasteiger partial charge in [-0.2, -0.15) is 5.26 Å². The van der Waals surface area contributed by atoms with Crippen molar-refractivity contribution in [2.75, 3.05) is 24.6 Å². The second kappa shape index (κ2) is 11.2. The maximum atomic E-state index is 11.7. The van der Waals surface area contributed by atoms with Crippen LogP contribution in [0.25, 0.3) is 6.08 Å². The first kappa shape index (κ1) is 22.4. The maximum absolute atomic E-state index is 11.7. The maximum Gasteiger partial charge on any atom is 0.348 e. The average molecular weight is 486 g/mol. The van der Waals surface area contributed by atoms with Crippen LogP contribution in [-0.2, 0) is 19.1 Å². The Bertz CT molecular complexity index is 767. The van der Waals surface area contributed by atoms with Crippen LogP contribution in [0.1, 0.15) is 25.3 Å². The Kier molecular flexibility index (Phi) is 9.29. The van der Waals surface area contributed by atoms with E-state index in [9.17, 15) is 14.4 Å². The fourth-order valence-electron chi connectivity index (χ4n) is 2.20. The number of esters is 1. The number of carbonyl (C=O) groups is 3. The van der Waals surface area contributed by atoms with E-state index in [2.05, 4.69) is 0 Å². The number of rotatable bonds is 10. The van der Waals surface area contributed by atoms with E-state index in [-0.39, 0.29) is 38.1 Å². The van der Waals surface area contributed by atoms with Gasteiger partial charge in [0.25, 0.3) is 0 Å². The summed E-state index contributed by atoms with van der Waals surface area (Å²) in [4.78, 5) is 35.1. The molecule has 0 unspecified atom stereocenters. The zero-order chi connectivity index (χ0) is 20.4. The van der Waals surface area contributed by atoms with Crippen molar-refractivity contribution >= 4 is 52.3 Å². The summed E-state index contributed by atoms with van der Waals surface area (Å²) < 4.78 is 5.55. The first-order valence-corrected chi connectivity index (χ1v) is 9.13. The van der Waals surface area contributed by atoms with Crippen molar-refractivity contribution in [1.82, 2.24) is 0 Å². The van der Waals surface area contributed by atoms with Gasteiger partial charge in [-0.25, -0.2) is 4.79 Å². The normalized spacial score (nSPS) is 10.8. The number of anilines is 1. The van der Waals surface area contributed by atoms with Crippen LogP contribution < -0.4 is 4.90 Å². The number of halogens is 1. The van der Waals surface area contributed by atoms with Gasteiger partial charge in [0.2, 0.25) is 0 Å². The van der Waals surface area contributed by atoms with Gasteiger partial charge in [0.1, 0.15) is 11.6 Å². The Morgan fingerprint density at radius 2 is 1.81 bits per heavy atom. The van der Waals surface area contributed by atoms with Crippen molar-refractivity contribution in [1.29, 1.82) is 5.26 Å². The van der Waals surface area contributed by atoms with Crippen molar-refractivity contribution in [3.63, 3.8) is 0 Å². The molecule has 1 rings (SSSR count). The number of carboxylic acid groups (broad SMARTS) is 2. The zero-order valence-electron chi connectivity index (χ0n) is 14.6. The SMILES string of the molecule is CCOC(=O)/C(C#N)=C\c1ccc(N(CCC(=O)O)CCC(=O)O)c(I)c1. The number of nitrogens with zero attached hydrogens (tertiary/aromatic N) is 2. The molecule has 144 valence electrons. The van der Waals surface area contributed by atoms with Gasteiger partial charge in [-0.05, 0) is 53.3 Å². The first-order chi connectivity index (χ1) is 12.8. The molecule has 0 amide bonds. The lowest BCUT2D eigenvalue weighted by Crippen LogP contribution is -2.29. The molecule has 0 radical (unpaired) electrons. The highest BCUT2D eigenvalue weighted by molar-refractivity contribution is 14.1. The van der Waals surface area contributed by atoms with Gasteiger partial charge in [0.05, 0.1) is 25.1 Å². The highest BCUT2D eigenvalue weighted by Crippen LogP contribution is 2.25. The fraction of sp³-hybridized carbons (Fsp3) is 0.333. The predicted octanol–water partition coefficient (Wildman–Crippen LogP) is 2.52. The van der Waals surface area contributed by atoms with E-state index in [0.717, 1.165) is 3.57 Å². The van der Waals surface area contributed by atoms with Gasteiger partial charge >= 0.3 is 17.9 Å². The Morgan fingerprint density at radius 1 is 1.22 bits per heavy atom. The van der Waals surface area contributed by atoms with Gasteiger partial charge in [0, 0.05) is 16.7 Å². The lowest BCUT2D eigenvalue weighted by atomic mass is 10.1. The molecular formula is C18H19IN2O6. The summed E-state index contributed by atoms with van der Waals surface area (Å²) in [6.07, 6.45) is 1.15. The van der Waals surface area contributed by atoms with E-state index < -0.39 is 17.9 Å². The molecule has 8 nitrogen and oxygen atoms in total. The Morgan fingerprint density at radius 3 is 2.26 bits per heavy atom. The summed E-state index contributed by atoms with van der Waals surface area (Å²) >= 11 is 2.04. The van der Waals surface area contributed by atoms with Crippen LogP contribution in [0, 0.1) is 14.9 Å². The summed E-state index contributed by atoms with van der Waals surface area (Å²) in [5.41, 5.74) is 1.16. The monoisotopic (exact) mass is 486 g/mol. The lowest BCUT2D eigenvalue weighted by molar-refractivity contribution is -0.138. The number of carbonyl (C=O) groups excluding carboxylic acids is 1. The van der Waals surface area contributed by atoms with Crippen molar-refractivity contribution in [2.45, 2.75) is 19.8 Å². The van der Waals surface area contributed by atoms with Gasteiger partial charge in [-0.15, -0.1) is 0 Å². The Balaban J connectivity index is 3.10. The number of nitriles is 1. The third-order valence-electron chi connectivity index (χ3n) is 3.43. The first-order valence-electron chi connectivity index (χ1n) is 8.05. The average Bonchev–Trinajstić information content (AvgIpc) is 2.60.